The minimum Gasteiger partial charge on any atom is -0.480 e. The van der Waals surface area contributed by atoms with Crippen molar-refractivity contribution in [3.63, 3.8) is 0 Å². The second-order valence-corrected chi connectivity index (χ2v) is 6.84. The van der Waals surface area contributed by atoms with Gasteiger partial charge in [0.1, 0.15) is 12.1 Å². The molecule has 21 heavy (non-hydrogen) atoms. The molecule has 4 nitrogen and oxygen atoms in total. The van der Waals surface area contributed by atoms with Crippen molar-refractivity contribution in [1.82, 2.24) is 0 Å². The first kappa shape index (κ1) is 15.7. The van der Waals surface area contributed by atoms with E-state index in [1.54, 1.807) is 0 Å². The number of thioether (sulfide) groups is 1. The lowest BCUT2D eigenvalue weighted by Gasteiger charge is -2.45. The van der Waals surface area contributed by atoms with Gasteiger partial charge < -0.3 is 10.0 Å². The highest BCUT2D eigenvalue weighted by atomic mass is 32.2. The number of carboxylic acids is 1. The second kappa shape index (κ2) is 5.98. The van der Waals surface area contributed by atoms with Gasteiger partial charge in [-0.2, -0.15) is 5.26 Å². The molecule has 1 aliphatic rings. The predicted molar refractivity (Wildman–Crippen MR) is 84.7 cm³/mol. The summed E-state index contributed by atoms with van der Waals surface area (Å²) >= 11 is 1.51. The SMILES string of the molecule is CSc1cccc(N2CCCC(C)(C)C2C(=O)O)c1C#N. The summed E-state index contributed by atoms with van der Waals surface area (Å²) < 4.78 is 0. The van der Waals surface area contributed by atoms with Crippen LogP contribution in [0.5, 0.6) is 0 Å². The Morgan fingerprint density at radius 2 is 2.24 bits per heavy atom. The highest BCUT2D eigenvalue weighted by molar-refractivity contribution is 7.98. The maximum atomic E-state index is 11.8. The minimum absolute atomic E-state index is 0.313. The highest BCUT2D eigenvalue weighted by Crippen LogP contribution is 2.40. The molecular weight excluding hydrogens is 284 g/mol. The molecule has 2 rings (SSSR count). The molecule has 5 heteroatoms. The van der Waals surface area contributed by atoms with E-state index in [9.17, 15) is 15.2 Å². The molecule has 1 fully saturated rings. The number of carbonyl (C=O) groups is 1. The van der Waals surface area contributed by atoms with Crippen molar-refractivity contribution in [2.75, 3.05) is 17.7 Å². The molecule has 1 unspecified atom stereocenters. The van der Waals surface area contributed by atoms with E-state index in [4.69, 9.17) is 0 Å². The molecule has 1 N–H and O–H groups in total. The van der Waals surface area contributed by atoms with Crippen molar-refractivity contribution in [3.8, 4) is 6.07 Å². The summed E-state index contributed by atoms with van der Waals surface area (Å²) in [5.41, 5.74) is 1.00. The van der Waals surface area contributed by atoms with Crippen LogP contribution in [0.3, 0.4) is 0 Å². The van der Waals surface area contributed by atoms with Crippen molar-refractivity contribution in [1.29, 1.82) is 5.26 Å². The molecule has 0 saturated carbocycles. The van der Waals surface area contributed by atoms with Crippen LogP contribution in [-0.4, -0.2) is 29.9 Å². The number of benzene rings is 1. The van der Waals surface area contributed by atoms with Gasteiger partial charge in [0.25, 0.3) is 0 Å². The number of rotatable bonds is 3. The molecule has 1 aromatic carbocycles. The van der Waals surface area contributed by atoms with E-state index >= 15 is 0 Å². The van der Waals surface area contributed by atoms with Crippen LogP contribution in [0.2, 0.25) is 0 Å². The Kier molecular flexibility index (Phi) is 4.48. The van der Waals surface area contributed by atoms with E-state index < -0.39 is 12.0 Å². The number of nitriles is 1. The first-order valence-electron chi connectivity index (χ1n) is 6.99. The largest absolute Gasteiger partial charge is 0.480 e. The van der Waals surface area contributed by atoms with Gasteiger partial charge >= 0.3 is 5.97 Å². The Hall–Kier alpha value is -1.67. The van der Waals surface area contributed by atoms with Crippen LogP contribution in [0, 0.1) is 16.7 Å². The van der Waals surface area contributed by atoms with Crippen molar-refractivity contribution in [2.24, 2.45) is 5.41 Å². The van der Waals surface area contributed by atoms with Crippen LogP contribution in [0.25, 0.3) is 0 Å². The lowest BCUT2D eigenvalue weighted by molar-refractivity contribution is -0.142. The summed E-state index contributed by atoms with van der Waals surface area (Å²) in [6.07, 6.45) is 3.74. The number of aliphatic carboxylic acids is 1. The minimum atomic E-state index is -0.821. The van der Waals surface area contributed by atoms with Gasteiger partial charge in [-0.05, 0) is 36.6 Å². The predicted octanol–water partition coefficient (Wildman–Crippen LogP) is 3.36. The Morgan fingerprint density at radius 3 is 2.81 bits per heavy atom. The Bertz CT molecular complexity index is 592. The molecule has 0 aromatic heterocycles. The van der Waals surface area contributed by atoms with E-state index in [1.807, 2.05) is 43.2 Å². The van der Waals surface area contributed by atoms with Gasteiger partial charge in [0.05, 0.1) is 11.3 Å². The molecule has 0 radical (unpaired) electrons. The van der Waals surface area contributed by atoms with Gasteiger partial charge in [-0.15, -0.1) is 11.8 Å². The van der Waals surface area contributed by atoms with Crippen LogP contribution < -0.4 is 4.90 Å². The number of piperidine rings is 1. The van der Waals surface area contributed by atoms with Crippen LogP contribution in [0.15, 0.2) is 23.1 Å². The first-order valence-corrected chi connectivity index (χ1v) is 8.21. The van der Waals surface area contributed by atoms with E-state index in [-0.39, 0.29) is 5.41 Å². The average molecular weight is 304 g/mol. The van der Waals surface area contributed by atoms with Gasteiger partial charge in [0.15, 0.2) is 0 Å². The lowest BCUT2D eigenvalue weighted by atomic mass is 9.76. The quantitative estimate of drug-likeness (QED) is 0.867. The molecule has 0 amide bonds. The van der Waals surface area contributed by atoms with Gasteiger partial charge in [-0.25, -0.2) is 4.79 Å². The molecule has 1 aliphatic heterocycles. The maximum Gasteiger partial charge on any atom is 0.326 e. The summed E-state index contributed by atoms with van der Waals surface area (Å²) in [7, 11) is 0. The third kappa shape index (κ3) is 2.86. The third-order valence-corrected chi connectivity index (χ3v) is 4.93. The Balaban J connectivity index is 2.54. The molecule has 0 spiro atoms. The van der Waals surface area contributed by atoms with Gasteiger partial charge in [0, 0.05) is 11.4 Å². The average Bonchev–Trinajstić information content (AvgIpc) is 2.44. The standard InChI is InChI=1S/C16H20N2O2S/c1-16(2)8-5-9-18(14(16)15(19)20)12-6-4-7-13(21-3)11(12)10-17/h4,6-7,14H,5,8-9H2,1-3H3,(H,19,20). The van der Waals surface area contributed by atoms with Crippen molar-refractivity contribution in [2.45, 2.75) is 37.6 Å². The van der Waals surface area contributed by atoms with E-state index in [0.717, 1.165) is 23.4 Å². The van der Waals surface area contributed by atoms with Crippen molar-refractivity contribution in [3.05, 3.63) is 23.8 Å². The molecule has 1 atom stereocenters. The Labute approximate surface area is 129 Å². The van der Waals surface area contributed by atoms with E-state index in [1.165, 1.54) is 11.8 Å². The zero-order valence-corrected chi connectivity index (χ0v) is 13.4. The number of anilines is 1. The zero-order chi connectivity index (χ0) is 15.6. The summed E-state index contributed by atoms with van der Waals surface area (Å²) in [6, 6.07) is 7.29. The summed E-state index contributed by atoms with van der Waals surface area (Å²) in [5.74, 6) is -0.821. The lowest BCUT2D eigenvalue weighted by Crippen LogP contribution is -2.54. The number of hydrogen-bond acceptors (Lipinski definition) is 4. The van der Waals surface area contributed by atoms with Crippen molar-refractivity contribution >= 4 is 23.4 Å². The highest BCUT2D eigenvalue weighted by Gasteiger charge is 2.43. The van der Waals surface area contributed by atoms with Gasteiger partial charge in [-0.1, -0.05) is 19.9 Å². The Morgan fingerprint density at radius 1 is 1.52 bits per heavy atom. The molecule has 0 bridgehead atoms. The normalized spacial score (nSPS) is 20.9. The molecule has 112 valence electrons. The fraction of sp³-hybridized carbons (Fsp3) is 0.500. The fourth-order valence-electron chi connectivity index (χ4n) is 3.16. The topological polar surface area (TPSA) is 64.3 Å². The zero-order valence-electron chi connectivity index (χ0n) is 12.6. The summed E-state index contributed by atoms with van der Waals surface area (Å²) in [6.45, 7) is 4.65. The van der Waals surface area contributed by atoms with E-state index in [0.29, 0.717) is 12.1 Å². The summed E-state index contributed by atoms with van der Waals surface area (Å²) in [5, 5.41) is 19.1. The van der Waals surface area contributed by atoms with E-state index in [2.05, 4.69) is 6.07 Å². The monoisotopic (exact) mass is 304 g/mol. The molecule has 1 aromatic rings. The molecule has 0 aliphatic carbocycles. The van der Waals surface area contributed by atoms with Crippen LogP contribution in [-0.2, 0) is 4.79 Å². The second-order valence-electron chi connectivity index (χ2n) is 5.99. The first-order chi connectivity index (χ1) is 9.92. The van der Waals surface area contributed by atoms with Crippen LogP contribution >= 0.6 is 11.8 Å². The third-order valence-electron chi connectivity index (χ3n) is 4.15. The van der Waals surface area contributed by atoms with Crippen LogP contribution in [0.1, 0.15) is 32.3 Å². The maximum absolute atomic E-state index is 11.8. The molecular formula is C16H20N2O2S. The summed E-state index contributed by atoms with van der Waals surface area (Å²) in [4.78, 5) is 14.6. The molecule has 1 saturated heterocycles. The number of nitrogens with zero attached hydrogens (tertiary/aromatic N) is 2. The van der Waals surface area contributed by atoms with Crippen molar-refractivity contribution < 1.29 is 9.90 Å². The smallest absolute Gasteiger partial charge is 0.326 e. The molecule has 1 heterocycles. The fourth-order valence-corrected chi connectivity index (χ4v) is 3.73. The number of carboxylic acid groups (broad SMARTS) is 1. The number of hydrogen-bond donors (Lipinski definition) is 1. The van der Waals surface area contributed by atoms with Crippen LogP contribution in [0.4, 0.5) is 5.69 Å². The van der Waals surface area contributed by atoms with Gasteiger partial charge in [0.2, 0.25) is 0 Å². The van der Waals surface area contributed by atoms with Gasteiger partial charge in [-0.3, -0.25) is 0 Å².